The van der Waals surface area contributed by atoms with Crippen LogP contribution in [0.5, 0.6) is 0 Å². The molecule has 1 saturated heterocycles. The maximum absolute atomic E-state index is 11.5. The molecule has 3 heteroatoms. The first-order chi connectivity index (χ1) is 7.66. The minimum absolute atomic E-state index is 0.0738. The Morgan fingerprint density at radius 3 is 2.69 bits per heavy atom. The van der Waals surface area contributed by atoms with Crippen LogP contribution < -0.4 is 0 Å². The second-order valence-corrected chi connectivity index (χ2v) is 5.27. The van der Waals surface area contributed by atoms with Gasteiger partial charge in [-0.25, -0.2) is 0 Å². The molecule has 1 saturated carbocycles. The molecule has 3 aliphatic rings. The maximum atomic E-state index is 11.5. The van der Waals surface area contributed by atoms with Gasteiger partial charge in [-0.2, -0.15) is 0 Å². The molecule has 0 amide bonds. The molecule has 3 nitrogen and oxygen atoms in total. The van der Waals surface area contributed by atoms with Crippen LogP contribution in [0.15, 0.2) is 11.6 Å². The number of hydrogen-bond acceptors (Lipinski definition) is 3. The third-order valence-electron chi connectivity index (χ3n) is 4.46. The van der Waals surface area contributed by atoms with Gasteiger partial charge < -0.3 is 9.47 Å². The van der Waals surface area contributed by atoms with Gasteiger partial charge in [0.05, 0.1) is 13.2 Å². The Bertz CT molecular complexity index is 352. The Morgan fingerprint density at radius 2 is 1.94 bits per heavy atom. The standard InChI is InChI=1S/C13H18O3/c1-12-6-4-11(14)9-10(12)3-2-5-13(12)15-7-8-16-13/h9H,2-8H2,1H3. The summed E-state index contributed by atoms with van der Waals surface area (Å²) in [6, 6.07) is 0. The predicted molar refractivity (Wildman–Crippen MR) is 58.9 cm³/mol. The highest BCUT2D eigenvalue weighted by Gasteiger charge is 2.57. The molecule has 1 heterocycles. The van der Waals surface area contributed by atoms with Crippen LogP contribution in [0.3, 0.4) is 0 Å². The molecule has 1 spiro atoms. The summed E-state index contributed by atoms with van der Waals surface area (Å²) in [6.07, 6.45) is 6.40. The monoisotopic (exact) mass is 222 g/mol. The fraction of sp³-hybridized carbons (Fsp3) is 0.769. The van der Waals surface area contributed by atoms with E-state index >= 15 is 0 Å². The van der Waals surface area contributed by atoms with Crippen LogP contribution in [0, 0.1) is 5.41 Å². The van der Waals surface area contributed by atoms with E-state index in [1.165, 1.54) is 5.57 Å². The van der Waals surface area contributed by atoms with E-state index in [2.05, 4.69) is 6.92 Å². The number of ether oxygens (including phenoxy) is 2. The van der Waals surface area contributed by atoms with Crippen molar-refractivity contribution in [3.63, 3.8) is 0 Å². The van der Waals surface area contributed by atoms with Gasteiger partial charge in [0.1, 0.15) is 0 Å². The molecule has 0 radical (unpaired) electrons. The Balaban J connectivity index is 2.03. The van der Waals surface area contributed by atoms with Crippen molar-refractivity contribution in [3.8, 4) is 0 Å². The van der Waals surface area contributed by atoms with Gasteiger partial charge in [0.25, 0.3) is 0 Å². The quantitative estimate of drug-likeness (QED) is 0.630. The summed E-state index contributed by atoms with van der Waals surface area (Å²) < 4.78 is 11.8. The van der Waals surface area contributed by atoms with Crippen molar-refractivity contribution in [1.82, 2.24) is 0 Å². The molecule has 16 heavy (non-hydrogen) atoms. The summed E-state index contributed by atoms with van der Waals surface area (Å²) in [4.78, 5) is 11.5. The van der Waals surface area contributed by atoms with Gasteiger partial charge in [-0.1, -0.05) is 12.5 Å². The summed E-state index contributed by atoms with van der Waals surface area (Å²) in [6.45, 7) is 3.59. The fourth-order valence-corrected chi connectivity index (χ4v) is 3.45. The molecule has 3 rings (SSSR count). The van der Waals surface area contributed by atoms with E-state index in [-0.39, 0.29) is 11.2 Å². The van der Waals surface area contributed by atoms with E-state index in [9.17, 15) is 4.79 Å². The van der Waals surface area contributed by atoms with Gasteiger partial charge >= 0.3 is 0 Å². The molecule has 0 bridgehead atoms. The molecule has 1 unspecified atom stereocenters. The zero-order chi connectivity index (χ0) is 11.2. The number of ketones is 1. The summed E-state index contributed by atoms with van der Waals surface area (Å²) >= 11 is 0. The van der Waals surface area contributed by atoms with E-state index in [1.807, 2.05) is 6.08 Å². The van der Waals surface area contributed by atoms with Crippen LogP contribution in [0.2, 0.25) is 0 Å². The molecule has 0 N–H and O–H groups in total. The molecular formula is C13H18O3. The molecule has 1 aliphatic heterocycles. The lowest BCUT2D eigenvalue weighted by molar-refractivity contribution is -0.237. The summed E-state index contributed by atoms with van der Waals surface area (Å²) in [5.74, 6) is -0.167. The zero-order valence-corrected chi connectivity index (χ0v) is 9.75. The average Bonchev–Trinajstić information content (AvgIpc) is 2.72. The average molecular weight is 222 g/mol. The predicted octanol–water partition coefficient (Wildman–Crippen LogP) is 2.21. The van der Waals surface area contributed by atoms with E-state index < -0.39 is 5.79 Å². The number of rotatable bonds is 0. The Hall–Kier alpha value is -0.670. The first-order valence-electron chi connectivity index (χ1n) is 6.18. The van der Waals surface area contributed by atoms with Crippen molar-refractivity contribution < 1.29 is 14.3 Å². The summed E-state index contributed by atoms with van der Waals surface area (Å²) in [7, 11) is 0. The third-order valence-corrected chi connectivity index (χ3v) is 4.46. The van der Waals surface area contributed by atoms with E-state index in [1.54, 1.807) is 0 Å². The largest absolute Gasteiger partial charge is 0.347 e. The summed E-state index contributed by atoms with van der Waals surface area (Å²) in [5, 5.41) is 0. The minimum atomic E-state index is -0.433. The van der Waals surface area contributed by atoms with Crippen LogP contribution in [-0.4, -0.2) is 24.8 Å². The Kier molecular flexibility index (Phi) is 2.23. The lowest BCUT2D eigenvalue weighted by Gasteiger charge is -2.50. The molecule has 0 aromatic heterocycles. The van der Waals surface area contributed by atoms with Crippen LogP contribution >= 0.6 is 0 Å². The number of hydrogen-bond donors (Lipinski definition) is 0. The van der Waals surface area contributed by atoms with E-state index in [4.69, 9.17) is 9.47 Å². The van der Waals surface area contributed by atoms with Gasteiger partial charge in [-0.15, -0.1) is 0 Å². The highest BCUT2D eigenvalue weighted by Crippen LogP contribution is 2.55. The van der Waals surface area contributed by atoms with Crippen molar-refractivity contribution in [2.24, 2.45) is 5.41 Å². The van der Waals surface area contributed by atoms with Crippen molar-refractivity contribution in [1.29, 1.82) is 0 Å². The second-order valence-electron chi connectivity index (χ2n) is 5.27. The molecular weight excluding hydrogens is 204 g/mol. The minimum Gasteiger partial charge on any atom is -0.347 e. The van der Waals surface area contributed by atoms with Crippen molar-refractivity contribution in [2.75, 3.05) is 13.2 Å². The number of carbonyl (C=O) groups is 1. The Labute approximate surface area is 95.8 Å². The third kappa shape index (κ3) is 1.25. The maximum Gasteiger partial charge on any atom is 0.177 e. The summed E-state index contributed by atoms with van der Waals surface area (Å²) in [5.41, 5.74) is 1.17. The van der Waals surface area contributed by atoms with E-state index in [0.29, 0.717) is 19.6 Å². The number of allylic oxidation sites excluding steroid dienone is 1. The van der Waals surface area contributed by atoms with Gasteiger partial charge in [0.15, 0.2) is 11.6 Å². The van der Waals surface area contributed by atoms with Gasteiger partial charge in [-0.3, -0.25) is 4.79 Å². The fourth-order valence-electron chi connectivity index (χ4n) is 3.45. The highest BCUT2D eigenvalue weighted by molar-refractivity contribution is 5.91. The van der Waals surface area contributed by atoms with Crippen molar-refractivity contribution in [3.05, 3.63) is 11.6 Å². The molecule has 88 valence electrons. The second kappa shape index (κ2) is 3.41. The molecule has 2 fully saturated rings. The molecule has 1 atom stereocenters. The lowest BCUT2D eigenvalue weighted by atomic mass is 9.62. The number of carbonyl (C=O) groups excluding carboxylic acids is 1. The van der Waals surface area contributed by atoms with Crippen molar-refractivity contribution >= 4 is 5.78 Å². The highest BCUT2D eigenvalue weighted by atomic mass is 16.7. The van der Waals surface area contributed by atoms with Gasteiger partial charge in [-0.05, 0) is 25.3 Å². The molecule has 0 aromatic rings. The van der Waals surface area contributed by atoms with Gasteiger partial charge in [0, 0.05) is 18.3 Å². The van der Waals surface area contributed by atoms with E-state index in [0.717, 1.165) is 25.7 Å². The Morgan fingerprint density at radius 1 is 1.19 bits per heavy atom. The number of fused-ring (bicyclic) bond motifs is 2. The van der Waals surface area contributed by atoms with Gasteiger partial charge in [0.2, 0.25) is 0 Å². The topological polar surface area (TPSA) is 35.5 Å². The zero-order valence-electron chi connectivity index (χ0n) is 9.75. The molecule has 2 aliphatic carbocycles. The molecule has 0 aromatic carbocycles. The smallest absolute Gasteiger partial charge is 0.177 e. The van der Waals surface area contributed by atoms with Crippen LogP contribution in [0.25, 0.3) is 0 Å². The van der Waals surface area contributed by atoms with Crippen LogP contribution in [0.1, 0.15) is 39.0 Å². The van der Waals surface area contributed by atoms with Crippen molar-refractivity contribution in [2.45, 2.75) is 44.8 Å². The SMILES string of the molecule is CC12CCC(=O)C=C1CCCC21OCCO1. The first kappa shape index (κ1) is 10.5. The lowest BCUT2D eigenvalue weighted by Crippen LogP contribution is -2.52. The normalized spacial score (nSPS) is 37.3. The van der Waals surface area contributed by atoms with Crippen LogP contribution in [-0.2, 0) is 14.3 Å². The first-order valence-corrected chi connectivity index (χ1v) is 6.18. The van der Waals surface area contributed by atoms with Crippen LogP contribution in [0.4, 0.5) is 0 Å².